The summed E-state index contributed by atoms with van der Waals surface area (Å²) in [5.74, 6) is 0.884. The summed E-state index contributed by atoms with van der Waals surface area (Å²) < 4.78 is 10.5. The van der Waals surface area contributed by atoms with E-state index in [0.717, 1.165) is 31.1 Å². The minimum Gasteiger partial charge on any atom is -0.385 e. The number of ether oxygens (including phenoxy) is 2. The zero-order chi connectivity index (χ0) is 13.2. The van der Waals surface area contributed by atoms with Gasteiger partial charge in [-0.15, -0.1) is 11.6 Å². The lowest BCUT2D eigenvalue weighted by Crippen LogP contribution is -2.07. The summed E-state index contributed by atoms with van der Waals surface area (Å²) in [5.41, 5.74) is 1.18. The van der Waals surface area contributed by atoms with Gasteiger partial charge < -0.3 is 9.47 Å². The van der Waals surface area contributed by atoms with Gasteiger partial charge in [0.1, 0.15) is 0 Å². The van der Waals surface area contributed by atoms with Crippen LogP contribution in [0.4, 0.5) is 0 Å². The molecule has 0 amide bonds. The summed E-state index contributed by atoms with van der Waals surface area (Å²) >= 11 is 12.0. The topological polar surface area (TPSA) is 18.5 Å². The Morgan fingerprint density at radius 1 is 1.22 bits per heavy atom. The molecule has 0 aliphatic carbocycles. The number of hydrogen-bond donors (Lipinski definition) is 0. The minimum absolute atomic E-state index is 0.299. The largest absolute Gasteiger partial charge is 0.385 e. The van der Waals surface area contributed by atoms with E-state index in [2.05, 4.69) is 6.07 Å². The van der Waals surface area contributed by atoms with Gasteiger partial charge in [-0.3, -0.25) is 0 Å². The van der Waals surface area contributed by atoms with Crippen LogP contribution < -0.4 is 0 Å². The standard InChI is InChI=1S/C14H20Cl2O2/c1-17-7-3-8-18-9-6-13(11-15)12-4-2-5-14(16)10-12/h2,4-5,10,13H,3,6-9,11H2,1H3. The lowest BCUT2D eigenvalue weighted by atomic mass is 9.98. The van der Waals surface area contributed by atoms with Crippen LogP contribution in [0, 0.1) is 0 Å². The summed E-state index contributed by atoms with van der Waals surface area (Å²) in [6, 6.07) is 7.86. The summed E-state index contributed by atoms with van der Waals surface area (Å²) in [6.45, 7) is 2.19. The highest BCUT2D eigenvalue weighted by atomic mass is 35.5. The molecule has 0 spiro atoms. The quantitative estimate of drug-likeness (QED) is 0.503. The Morgan fingerprint density at radius 3 is 2.72 bits per heavy atom. The van der Waals surface area contributed by atoms with E-state index in [9.17, 15) is 0 Å². The first-order valence-corrected chi connectivity index (χ1v) is 7.07. The maximum Gasteiger partial charge on any atom is 0.0487 e. The fraction of sp³-hybridized carbons (Fsp3) is 0.571. The second-order valence-electron chi connectivity index (χ2n) is 4.15. The van der Waals surface area contributed by atoms with Gasteiger partial charge in [0.05, 0.1) is 0 Å². The highest BCUT2D eigenvalue weighted by Crippen LogP contribution is 2.23. The highest BCUT2D eigenvalue weighted by molar-refractivity contribution is 6.30. The van der Waals surface area contributed by atoms with Crippen molar-refractivity contribution in [2.75, 3.05) is 32.8 Å². The molecule has 0 aliphatic heterocycles. The molecule has 0 heterocycles. The molecule has 0 saturated carbocycles. The van der Waals surface area contributed by atoms with Crippen molar-refractivity contribution < 1.29 is 9.47 Å². The Bertz CT molecular complexity index is 331. The minimum atomic E-state index is 0.299. The molecule has 0 saturated heterocycles. The molecule has 0 aliphatic rings. The van der Waals surface area contributed by atoms with Crippen LogP contribution in [0.3, 0.4) is 0 Å². The van der Waals surface area contributed by atoms with Gasteiger partial charge in [-0.05, 0) is 36.5 Å². The van der Waals surface area contributed by atoms with Gasteiger partial charge in [0, 0.05) is 37.8 Å². The van der Waals surface area contributed by atoms with E-state index in [0.29, 0.717) is 18.4 Å². The molecular weight excluding hydrogens is 271 g/mol. The molecule has 102 valence electrons. The van der Waals surface area contributed by atoms with E-state index >= 15 is 0 Å². The van der Waals surface area contributed by atoms with E-state index < -0.39 is 0 Å². The molecule has 0 radical (unpaired) electrons. The van der Waals surface area contributed by atoms with Crippen LogP contribution in [0.1, 0.15) is 24.3 Å². The fourth-order valence-electron chi connectivity index (χ4n) is 1.73. The van der Waals surface area contributed by atoms with Gasteiger partial charge in [0.15, 0.2) is 0 Å². The van der Waals surface area contributed by atoms with Crippen LogP contribution in [0.15, 0.2) is 24.3 Å². The van der Waals surface area contributed by atoms with Gasteiger partial charge in [-0.1, -0.05) is 23.7 Å². The Labute approximate surface area is 119 Å². The van der Waals surface area contributed by atoms with Crippen molar-refractivity contribution in [2.24, 2.45) is 0 Å². The van der Waals surface area contributed by atoms with Gasteiger partial charge in [0.2, 0.25) is 0 Å². The SMILES string of the molecule is COCCCOCCC(CCl)c1cccc(Cl)c1. The number of alkyl halides is 1. The van der Waals surface area contributed by atoms with Crippen molar-refractivity contribution in [2.45, 2.75) is 18.8 Å². The first-order chi connectivity index (χ1) is 8.77. The number of rotatable bonds is 9. The van der Waals surface area contributed by atoms with Crippen LogP contribution in [-0.2, 0) is 9.47 Å². The molecule has 0 aromatic heterocycles. The van der Waals surface area contributed by atoms with E-state index in [-0.39, 0.29) is 0 Å². The Balaban J connectivity index is 2.29. The van der Waals surface area contributed by atoms with Crippen LogP contribution >= 0.6 is 23.2 Å². The molecule has 1 aromatic carbocycles. The third-order valence-electron chi connectivity index (χ3n) is 2.75. The molecular formula is C14H20Cl2O2. The van der Waals surface area contributed by atoms with Crippen molar-refractivity contribution in [1.82, 2.24) is 0 Å². The maximum absolute atomic E-state index is 6.00. The molecule has 0 bridgehead atoms. The lowest BCUT2D eigenvalue weighted by Gasteiger charge is -2.14. The van der Waals surface area contributed by atoms with Gasteiger partial charge in [-0.25, -0.2) is 0 Å². The molecule has 0 fully saturated rings. The third-order valence-corrected chi connectivity index (χ3v) is 3.36. The molecule has 4 heteroatoms. The average Bonchev–Trinajstić information content (AvgIpc) is 2.38. The number of benzene rings is 1. The summed E-state index contributed by atoms with van der Waals surface area (Å²) in [7, 11) is 1.70. The second-order valence-corrected chi connectivity index (χ2v) is 4.90. The highest BCUT2D eigenvalue weighted by Gasteiger charge is 2.10. The predicted octanol–water partition coefficient (Wildman–Crippen LogP) is 4.11. The van der Waals surface area contributed by atoms with E-state index in [1.54, 1.807) is 7.11 Å². The van der Waals surface area contributed by atoms with Crippen molar-refractivity contribution in [3.8, 4) is 0 Å². The molecule has 1 aromatic rings. The summed E-state index contributed by atoms with van der Waals surface area (Å²) in [6.07, 6.45) is 1.84. The monoisotopic (exact) mass is 290 g/mol. The lowest BCUT2D eigenvalue weighted by molar-refractivity contribution is 0.0990. The Hall–Kier alpha value is -0.280. The van der Waals surface area contributed by atoms with Crippen LogP contribution in [-0.4, -0.2) is 32.8 Å². The second kappa shape index (κ2) is 9.62. The van der Waals surface area contributed by atoms with Crippen molar-refractivity contribution in [3.63, 3.8) is 0 Å². The number of hydrogen-bond acceptors (Lipinski definition) is 2. The van der Waals surface area contributed by atoms with Gasteiger partial charge in [0.25, 0.3) is 0 Å². The first kappa shape index (κ1) is 15.8. The zero-order valence-electron chi connectivity index (χ0n) is 10.7. The van der Waals surface area contributed by atoms with Crippen LogP contribution in [0.5, 0.6) is 0 Å². The van der Waals surface area contributed by atoms with Crippen molar-refractivity contribution in [3.05, 3.63) is 34.9 Å². The maximum atomic E-state index is 6.00. The van der Waals surface area contributed by atoms with Crippen molar-refractivity contribution in [1.29, 1.82) is 0 Å². The van der Waals surface area contributed by atoms with Gasteiger partial charge >= 0.3 is 0 Å². The van der Waals surface area contributed by atoms with Crippen molar-refractivity contribution >= 4 is 23.2 Å². The molecule has 1 rings (SSSR count). The Morgan fingerprint density at radius 2 is 2.06 bits per heavy atom. The molecule has 18 heavy (non-hydrogen) atoms. The smallest absolute Gasteiger partial charge is 0.0487 e. The first-order valence-electron chi connectivity index (χ1n) is 6.16. The van der Waals surface area contributed by atoms with Crippen LogP contribution in [0.2, 0.25) is 5.02 Å². The third kappa shape index (κ3) is 6.05. The fourth-order valence-corrected chi connectivity index (χ4v) is 2.26. The number of halogens is 2. The Kier molecular flexibility index (Phi) is 8.44. The summed E-state index contributed by atoms with van der Waals surface area (Å²) in [5, 5.41) is 0.753. The molecule has 1 unspecified atom stereocenters. The zero-order valence-corrected chi connectivity index (χ0v) is 12.2. The normalized spacial score (nSPS) is 12.6. The van der Waals surface area contributed by atoms with E-state index in [1.165, 1.54) is 5.56 Å². The molecule has 0 N–H and O–H groups in total. The molecule has 2 nitrogen and oxygen atoms in total. The van der Waals surface area contributed by atoms with Gasteiger partial charge in [-0.2, -0.15) is 0 Å². The van der Waals surface area contributed by atoms with E-state index in [1.807, 2.05) is 18.2 Å². The summed E-state index contributed by atoms with van der Waals surface area (Å²) in [4.78, 5) is 0. The predicted molar refractivity (Wildman–Crippen MR) is 76.8 cm³/mol. The molecule has 1 atom stereocenters. The number of methoxy groups -OCH3 is 1. The van der Waals surface area contributed by atoms with Crippen LogP contribution in [0.25, 0.3) is 0 Å². The average molecular weight is 291 g/mol. The van der Waals surface area contributed by atoms with E-state index in [4.69, 9.17) is 32.7 Å².